The van der Waals surface area contributed by atoms with Gasteiger partial charge in [0.2, 0.25) is 0 Å². The normalized spacial score (nSPS) is 15.1. The summed E-state index contributed by atoms with van der Waals surface area (Å²) in [6.45, 7) is 28.2. The Kier molecular flexibility index (Phi) is 12.5. The van der Waals surface area contributed by atoms with Crippen molar-refractivity contribution >= 4 is 15.8 Å². The Bertz CT molecular complexity index is 281. The van der Waals surface area contributed by atoms with Crippen molar-refractivity contribution in [2.75, 3.05) is 12.3 Å². The van der Waals surface area contributed by atoms with Gasteiger partial charge < -0.3 is 12.5 Å². The fourth-order valence-electron chi connectivity index (χ4n) is 3.80. The SMILES string of the molecule is CC(C)(C)P(C[C@H](O)C[PH+](C(C)(C)C)C(C)(C)C)C(C)(C)C.[CH3-].[Ni]. The van der Waals surface area contributed by atoms with Gasteiger partial charge in [0.1, 0.15) is 0 Å². The average Bonchev–Trinajstić information content (AvgIpc) is 2.15. The topological polar surface area (TPSA) is 20.2 Å². The van der Waals surface area contributed by atoms with E-state index in [1.807, 2.05) is 0 Å². The van der Waals surface area contributed by atoms with Crippen LogP contribution in [0.2, 0.25) is 0 Å². The van der Waals surface area contributed by atoms with Crippen LogP contribution in [0.1, 0.15) is 83.1 Å². The first-order chi connectivity index (χ1) is 9.37. The molecule has 1 nitrogen and oxygen atoms in total. The fraction of sp³-hybridized carbons (Fsp3) is 0.950. The summed E-state index contributed by atoms with van der Waals surface area (Å²) in [6, 6.07) is 0. The van der Waals surface area contributed by atoms with Crippen LogP contribution in [-0.2, 0) is 16.5 Å². The molecule has 0 spiro atoms. The van der Waals surface area contributed by atoms with Gasteiger partial charge >= 0.3 is 0 Å². The van der Waals surface area contributed by atoms with Crippen molar-refractivity contribution < 1.29 is 21.6 Å². The van der Waals surface area contributed by atoms with Crippen molar-refractivity contribution in [3.05, 3.63) is 7.43 Å². The van der Waals surface area contributed by atoms with Crippen LogP contribution < -0.4 is 0 Å². The van der Waals surface area contributed by atoms with Gasteiger partial charge in [0, 0.05) is 24.4 Å². The Hall–Kier alpha value is 1.31. The largest absolute Gasteiger partial charge is 0.389 e. The minimum atomic E-state index is -0.649. The molecule has 0 amide bonds. The summed E-state index contributed by atoms with van der Waals surface area (Å²) in [5.41, 5.74) is 0. The van der Waals surface area contributed by atoms with E-state index in [2.05, 4.69) is 83.1 Å². The Morgan fingerprint density at radius 2 is 1.04 bits per heavy atom. The zero-order valence-corrected chi connectivity index (χ0v) is 21.6. The molecule has 0 saturated heterocycles. The summed E-state index contributed by atoms with van der Waals surface area (Å²) in [4.78, 5) is 0. The first-order valence-corrected chi connectivity index (χ1v) is 11.9. The molecule has 0 heterocycles. The Morgan fingerprint density at radius 3 is 1.25 bits per heavy atom. The van der Waals surface area contributed by atoms with Crippen LogP contribution in [0.4, 0.5) is 0 Å². The van der Waals surface area contributed by atoms with Crippen molar-refractivity contribution in [2.24, 2.45) is 0 Å². The smallest absolute Gasteiger partial charge is 0.0913 e. The number of aliphatic hydroxyl groups is 1. The summed E-state index contributed by atoms with van der Waals surface area (Å²) in [5, 5.41) is 12.1. The molecule has 1 atom stereocenters. The monoisotopic (exact) mass is 422 g/mol. The van der Waals surface area contributed by atoms with Crippen LogP contribution in [0.3, 0.4) is 0 Å². The predicted molar refractivity (Wildman–Crippen MR) is 116 cm³/mol. The number of hydrogen-bond acceptors (Lipinski definition) is 1. The van der Waals surface area contributed by atoms with E-state index in [0.717, 1.165) is 12.3 Å². The number of rotatable bonds is 4. The van der Waals surface area contributed by atoms with Gasteiger partial charge in [0.15, 0.2) is 0 Å². The van der Waals surface area contributed by atoms with E-state index in [4.69, 9.17) is 0 Å². The van der Waals surface area contributed by atoms with E-state index >= 15 is 0 Å². The van der Waals surface area contributed by atoms with E-state index in [1.54, 1.807) is 0 Å². The molecule has 0 bridgehead atoms. The minimum absolute atomic E-state index is 0. The summed E-state index contributed by atoms with van der Waals surface area (Å²) in [6.07, 6.45) is 1.86. The fourth-order valence-corrected chi connectivity index (χ4v) is 11.8. The molecule has 0 aliphatic heterocycles. The second-order valence-corrected chi connectivity index (χ2v) is 19.1. The Labute approximate surface area is 167 Å². The molecule has 0 aromatic carbocycles. The first-order valence-electron chi connectivity index (χ1n) is 8.69. The van der Waals surface area contributed by atoms with Gasteiger partial charge in [-0.1, -0.05) is 49.5 Å². The molecule has 0 saturated carbocycles. The van der Waals surface area contributed by atoms with E-state index in [9.17, 15) is 5.11 Å². The van der Waals surface area contributed by atoms with Crippen molar-refractivity contribution in [2.45, 2.75) is 110 Å². The van der Waals surface area contributed by atoms with E-state index in [0.29, 0.717) is 20.6 Å². The van der Waals surface area contributed by atoms with E-state index < -0.39 is 7.92 Å². The predicted octanol–water partition coefficient (Wildman–Crippen LogP) is 6.69. The summed E-state index contributed by atoms with van der Waals surface area (Å²) < 4.78 is 0. The van der Waals surface area contributed by atoms with Gasteiger partial charge in [-0.25, -0.2) is 0 Å². The van der Waals surface area contributed by atoms with Crippen molar-refractivity contribution in [1.29, 1.82) is 0 Å². The molecule has 0 aromatic heterocycles. The van der Waals surface area contributed by atoms with E-state index in [-0.39, 0.29) is 37.9 Å². The molecule has 0 fully saturated rings. The molecule has 24 heavy (non-hydrogen) atoms. The van der Waals surface area contributed by atoms with Crippen LogP contribution in [0.25, 0.3) is 0 Å². The second kappa shape index (κ2) is 10.0. The van der Waals surface area contributed by atoms with Gasteiger partial charge in [0.05, 0.1) is 22.6 Å². The molecule has 0 radical (unpaired) electrons. The maximum atomic E-state index is 10.9. The van der Waals surface area contributed by atoms with Gasteiger partial charge in [-0.05, 0) is 58.0 Å². The molecule has 4 heteroatoms. The van der Waals surface area contributed by atoms with Crippen LogP contribution in [0.15, 0.2) is 0 Å². The van der Waals surface area contributed by atoms with Crippen LogP contribution in [0.5, 0.6) is 0 Å². The van der Waals surface area contributed by atoms with Gasteiger partial charge in [-0.3, -0.25) is 0 Å². The summed E-state index contributed by atoms with van der Waals surface area (Å²) >= 11 is 0. The van der Waals surface area contributed by atoms with Gasteiger partial charge in [-0.15, -0.1) is 0 Å². The maximum absolute atomic E-state index is 10.9. The first kappa shape index (κ1) is 30.1. The third-order valence-electron chi connectivity index (χ3n) is 4.26. The molecule has 0 aliphatic carbocycles. The van der Waals surface area contributed by atoms with Crippen molar-refractivity contribution in [1.82, 2.24) is 0 Å². The van der Waals surface area contributed by atoms with E-state index in [1.165, 1.54) is 0 Å². The molecule has 1 N–H and O–H groups in total. The molecule has 0 unspecified atom stereocenters. The summed E-state index contributed by atoms with van der Waals surface area (Å²) in [7, 11) is -0.868. The van der Waals surface area contributed by atoms with Crippen molar-refractivity contribution in [3.8, 4) is 0 Å². The Balaban J connectivity index is -0.00000220. The molecule has 0 rings (SSSR count). The van der Waals surface area contributed by atoms with Crippen LogP contribution in [-0.4, -0.2) is 44.2 Å². The molecular weight excluding hydrogens is 377 g/mol. The third-order valence-corrected chi connectivity index (χ3v) is 12.8. The van der Waals surface area contributed by atoms with Crippen LogP contribution >= 0.6 is 15.8 Å². The van der Waals surface area contributed by atoms with Gasteiger partial charge in [0.25, 0.3) is 0 Å². The number of hydrogen-bond donors (Lipinski definition) is 1. The molecular formula is C20H46NiOP2. The summed E-state index contributed by atoms with van der Waals surface area (Å²) in [5.74, 6) is 0. The average molecular weight is 423 g/mol. The standard InChI is InChI=1S/C19H42OP2.CH3.Ni/c1-16(2,3)21(17(4,5)6)13-15(20)14-22(18(7,8)9)19(10,11)12;;/h15,20H,13-14H2,1-12H3;1H3;/q;-1;/p+1. The zero-order chi connectivity index (χ0) is 18.1. The molecule has 0 aromatic rings. The minimum Gasteiger partial charge on any atom is -0.389 e. The zero-order valence-electron chi connectivity index (χ0n) is 18.7. The quantitative estimate of drug-likeness (QED) is 0.304. The third kappa shape index (κ3) is 10.5. The number of aliphatic hydroxyl groups excluding tert-OH is 1. The van der Waals surface area contributed by atoms with Crippen LogP contribution in [0, 0.1) is 7.43 Å². The van der Waals surface area contributed by atoms with Crippen molar-refractivity contribution in [3.63, 3.8) is 0 Å². The maximum Gasteiger partial charge on any atom is 0.0913 e. The van der Waals surface area contributed by atoms with Gasteiger partial charge in [-0.2, -0.15) is 0 Å². The molecule has 0 aliphatic rings. The molecule has 152 valence electrons. The Morgan fingerprint density at radius 1 is 0.750 bits per heavy atom. The second-order valence-electron chi connectivity index (χ2n) is 10.8.